The van der Waals surface area contributed by atoms with Gasteiger partial charge in [0.05, 0.1) is 12.2 Å². The highest BCUT2D eigenvalue weighted by Gasteiger charge is 2.26. The van der Waals surface area contributed by atoms with Crippen LogP contribution in [-0.4, -0.2) is 24.6 Å². The maximum absolute atomic E-state index is 12.5. The fraction of sp³-hybridized carbons (Fsp3) is 0.290. The summed E-state index contributed by atoms with van der Waals surface area (Å²) in [5, 5.41) is 0. The summed E-state index contributed by atoms with van der Waals surface area (Å²) < 4.78 is 16.6. The third-order valence-electron chi connectivity index (χ3n) is 6.24. The van der Waals surface area contributed by atoms with E-state index in [4.69, 9.17) is 14.2 Å². The van der Waals surface area contributed by atoms with Crippen LogP contribution in [-0.2, 0) is 9.53 Å². The van der Waals surface area contributed by atoms with Gasteiger partial charge in [-0.05, 0) is 66.8 Å². The summed E-state index contributed by atoms with van der Waals surface area (Å²) >= 11 is 0. The van der Waals surface area contributed by atoms with Gasteiger partial charge >= 0.3 is 11.9 Å². The predicted molar refractivity (Wildman–Crippen MR) is 140 cm³/mol. The molecule has 1 saturated heterocycles. The lowest BCUT2D eigenvalue weighted by Crippen LogP contribution is -2.08. The molecule has 1 heterocycles. The molecule has 1 atom stereocenters. The number of cyclic esters (lactones) is 1. The van der Waals surface area contributed by atoms with Gasteiger partial charge in [-0.2, -0.15) is 0 Å². The number of benzene rings is 3. The summed E-state index contributed by atoms with van der Waals surface area (Å²) in [6.07, 6.45) is 6.96. The van der Waals surface area contributed by atoms with Crippen LogP contribution in [0.1, 0.15) is 55.3 Å². The maximum atomic E-state index is 12.5. The first-order chi connectivity index (χ1) is 17.6. The van der Waals surface area contributed by atoms with Crippen LogP contribution in [0.2, 0.25) is 0 Å². The molecule has 1 aliphatic heterocycles. The third kappa shape index (κ3) is 7.32. The summed E-state index contributed by atoms with van der Waals surface area (Å²) in [4.78, 5) is 23.8. The Balaban J connectivity index is 1.11. The molecule has 4 rings (SSSR count). The Bertz CT molecular complexity index is 1130. The molecule has 0 spiro atoms. The van der Waals surface area contributed by atoms with Crippen LogP contribution in [0.25, 0.3) is 11.1 Å². The van der Waals surface area contributed by atoms with Gasteiger partial charge in [-0.3, -0.25) is 0 Å². The Morgan fingerprint density at radius 1 is 0.806 bits per heavy atom. The number of carbonyl (C=O) groups excluding carboxylic acids is 2. The van der Waals surface area contributed by atoms with Crippen molar-refractivity contribution >= 4 is 11.9 Å². The molecule has 1 unspecified atom stereocenters. The summed E-state index contributed by atoms with van der Waals surface area (Å²) in [5.41, 5.74) is 3.26. The molecule has 36 heavy (non-hydrogen) atoms. The van der Waals surface area contributed by atoms with Crippen LogP contribution in [0.4, 0.5) is 0 Å². The van der Waals surface area contributed by atoms with Crippen molar-refractivity contribution in [1.29, 1.82) is 0 Å². The highest BCUT2D eigenvalue weighted by atomic mass is 16.6. The fourth-order valence-electron chi connectivity index (χ4n) is 4.19. The zero-order valence-electron chi connectivity index (χ0n) is 20.5. The molecule has 3 aromatic rings. The minimum Gasteiger partial charge on any atom is -0.494 e. The summed E-state index contributed by atoms with van der Waals surface area (Å²) in [5.74, 6) is 0.610. The fourth-order valence-corrected chi connectivity index (χ4v) is 4.19. The number of hydrogen-bond acceptors (Lipinski definition) is 5. The van der Waals surface area contributed by atoms with Gasteiger partial charge in [0, 0.05) is 12.0 Å². The molecule has 0 aromatic heterocycles. The Labute approximate surface area is 212 Å². The van der Waals surface area contributed by atoms with Crippen molar-refractivity contribution in [2.45, 2.75) is 51.0 Å². The monoisotopic (exact) mass is 484 g/mol. The molecule has 186 valence electrons. The highest BCUT2D eigenvalue weighted by molar-refractivity contribution is 5.91. The number of ether oxygens (including phenoxy) is 3. The quantitative estimate of drug-likeness (QED) is 0.118. The molecule has 5 heteroatoms. The molecule has 1 fully saturated rings. The molecule has 0 amide bonds. The second-order valence-electron chi connectivity index (χ2n) is 9.04. The Kier molecular flexibility index (Phi) is 8.92. The lowest BCUT2D eigenvalue weighted by molar-refractivity contribution is -0.139. The van der Waals surface area contributed by atoms with Crippen molar-refractivity contribution in [2.75, 3.05) is 6.61 Å². The summed E-state index contributed by atoms with van der Waals surface area (Å²) in [7, 11) is 0. The van der Waals surface area contributed by atoms with Gasteiger partial charge in [-0.25, -0.2) is 9.59 Å². The van der Waals surface area contributed by atoms with Crippen LogP contribution in [0.15, 0.2) is 91.0 Å². The number of esters is 2. The van der Waals surface area contributed by atoms with E-state index in [1.165, 1.54) is 0 Å². The minimum absolute atomic E-state index is 0.0220. The lowest BCUT2D eigenvalue weighted by atomic mass is 10.1. The van der Waals surface area contributed by atoms with Gasteiger partial charge in [0.2, 0.25) is 0 Å². The SMILES string of the molecule is C=C1CC(CCCCCCCOc2ccc(C(=O)Oc3ccc(-c4ccccc4)cc3)cc2)OC1=O. The smallest absolute Gasteiger partial charge is 0.343 e. The lowest BCUT2D eigenvalue weighted by Gasteiger charge is -2.09. The van der Waals surface area contributed by atoms with Crippen molar-refractivity contribution in [1.82, 2.24) is 0 Å². The van der Waals surface area contributed by atoms with E-state index in [-0.39, 0.29) is 12.1 Å². The average Bonchev–Trinajstić information content (AvgIpc) is 3.23. The van der Waals surface area contributed by atoms with Crippen LogP contribution in [0.3, 0.4) is 0 Å². The van der Waals surface area contributed by atoms with Crippen LogP contribution in [0.5, 0.6) is 11.5 Å². The number of rotatable bonds is 12. The highest BCUT2D eigenvalue weighted by Crippen LogP contribution is 2.24. The van der Waals surface area contributed by atoms with E-state index in [0.717, 1.165) is 55.4 Å². The number of hydrogen-bond donors (Lipinski definition) is 0. The van der Waals surface area contributed by atoms with Gasteiger partial charge in [0.1, 0.15) is 17.6 Å². The Morgan fingerprint density at radius 3 is 2.14 bits per heavy atom. The van der Waals surface area contributed by atoms with E-state index in [1.807, 2.05) is 42.5 Å². The molecule has 5 nitrogen and oxygen atoms in total. The van der Waals surface area contributed by atoms with Gasteiger partial charge in [-0.1, -0.05) is 68.3 Å². The van der Waals surface area contributed by atoms with Crippen molar-refractivity contribution in [3.63, 3.8) is 0 Å². The van der Waals surface area contributed by atoms with Crippen LogP contribution < -0.4 is 9.47 Å². The second-order valence-corrected chi connectivity index (χ2v) is 9.04. The topological polar surface area (TPSA) is 61.8 Å². The first-order valence-corrected chi connectivity index (χ1v) is 12.6. The normalized spacial score (nSPS) is 14.9. The van der Waals surface area contributed by atoms with Gasteiger partial charge in [-0.15, -0.1) is 0 Å². The third-order valence-corrected chi connectivity index (χ3v) is 6.24. The molecule has 0 radical (unpaired) electrons. The van der Waals surface area contributed by atoms with Crippen molar-refractivity contribution in [2.24, 2.45) is 0 Å². The molecule has 3 aromatic carbocycles. The zero-order valence-corrected chi connectivity index (χ0v) is 20.5. The molecule has 0 saturated carbocycles. The Hall–Kier alpha value is -3.86. The van der Waals surface area contributed by atoms with Crippen molar-refractivity contribution in [3.8, 4) is 22.6 Å². The summed E-state index contributed by atoms with van der Waals surface area (Å²) in [6.45, 7) is 4.36. The first kappa shape index (κ1) is 25.2. The molecule has 0 N–H and O–H groups in total. The average molecular weight is 485 g/mol. The number of carbonyl (C=O) groups is 2. The predicted octanol–water partition coefficient (Wildman–Crippen LogP) is 7.16. The van der Waals surface area contributed by atoms with E-state index in [0.29, 0.717) is 29.9 Å². The zero-order chi connectivity index (χ0) is 25.2. The molecule has 0 aliphatic carbocycles. The standard InChI is InChI=1S/C31H32O5/c1-23-22-29(36-30(23)32)12-8-3-2-4-9-21-34-27-17-15-26(16-18-27)31(33)35-28-19-13-25(14-20-28)24-10-6-5-7-11-24/h5-7,10-11,13-20,29H,1-4,8-9,12,21-22H2. The van der Waals surface area contributed by atoms with Crippen LogP contribution in [0, 0.1) is 0 Å². The van der Waals surface area contributed by atoms with E-state index >= 15 is 0 Å². The van der Waals surface area contributed by atoms with Gasteiger partial charge in [0.25, 0.3) is 0 Å². The molecular formula is C31H32O5. The van der Waals surface area contributed by atoms with E-state index in [1.54, 1.807) is 36.4 Å². The van der Waals surface area contributed by atoms with Crippen molar-refractivity contribution < 1.29 is 23.8 Å². The number of unbranched alkanes of at least 4 members (excludes halogenated alkanes) is 4. The minimum atomic E-state index is -0.398. The van der Waals surface area contributed by atoms with Gasteiger partial charge < -0.3 is 14.2 Å². The van der Waals surface area contributed by atoms with E-state index in [2.05, 4.69) is 6.58 Å². The largest absolute Gasteiger partial charge is 0.494 e. The first-order valence-electron chi connectivity index (χ1n) is 12.6. The molecule has 1 aliphatic rings. The van der Waals surface area contributed by atoms with E-state index < -0.39 is 5.97 Å². The molecular weight excluding hydrogens is 452 g/mol. The van der Waals surface area contributed by atoms with Gasteiger partial charge in [0.15, 0.2) is 0 Å². The summed E-state index contributed by atoms with van der Waals surface area (Å²) in [6, 6.07) is 24.6. The maximum Gasteiger partial charge on any atom is 0.343 e. The Morgan fingerprint density at radius 2 is 1.44 bits per heavy atom. The van der Waals surface area contributed by atoms with Crippen LogP contribution >= 0.6 is 0 Å². The molecule has 0 bridgehead atoms. The van der Waals surface area contributed by atoms with E-state index in [9.17, 15) is 9.59 Å². The van der Waals surface area contributed by atoms with Crippen molar-refractivity contribution in [3.05, 3.63) is 96.6 Å². The second kappa shape index (κ2) is 12.7.